The van der Waals surface area contributed by atoms with Crippen molar-refractivity contribution in [1.82, 2.24) is 10.2 Å². The van der Waals surface area contributed by atoms with Crippen LogP contribution in [0, 0.1) is 0 Å². The lowest BCUT2D eigenvalue weighted by molar-refractivity contribution is 0.0161. The van der Waals surface area contributed by atoms with Crippen LogP contribution in [0.15, 0.2) is 0 Å². The minimum absolute atomic E-state index is 0.284. The zero-order chi connectivity index (χ0) is 12.8. The first kappa shape index (κ1) is 15.2. The highest BCUT2D eigenvalue weighted by Crippen LogP contribution is 2.10. The summed E-state index contributed by atoms with van der Waals surface area (Å²) in [4.78, 5) is 13.2. The fraction of sp³-hybridized carbons (Fsp3) is 0.909. The van der Waals surface area contributed by atoms with Crippen LogP contribution >= 0.6 is 0 Å². The maximum Gasteiger partial charge on any atom is 0.410 e. The number of hydrogen-bond acceptors (Lipinski definition) is 4. The fourth-order valence-corrected chi connectivity index (χ4v) is 1.21. The van der Waals surface area contributed by atoms with E-state index in [1.807, 2.05) is 27.7 Å². The summed E-state index contributed by atoms with van der Waals surface area (Å²) < 4.78 is 5.23. The van der Waals surface area contributed by atoms with Crippen molar-refractivity contribution in [2.75, 3.05) is 26.7 Å². The molecular formula is C11H24N2O3. The number of nitrogens with zero attached hydrogens (tertiary/aromatic N) is 1. The molecule has 0 rings (SSSR count). The van der Waals surface area contributed by atoms with Gasteiger partial charge in [0, 0.05) is 13.1 Å². The molecule has 0 saturated heterocycles. The van der Waals surface area contributed by atoms with E-state index in [0.29, 0.717) is 13.1 Å². The lowest BCUT2D eigenvalue weighted by Gasteiger charge is -2.27. The largest absolute Gasteiger partial charge is 0.444 e. The van der Waals surface area contributed by atoms with Gasteiger partial charge in [-0.15, -0.1) is 0 Å². The molecule has 16 heavy (non-hydrogen) atoms. The van der Waals surface area contributed by atoms with Crippen molar-refractivity contribution in [1.29, 1.82) is 0 Å². The Hall–Kier alpha value is -0.810. The summed E-state index contributed by atoms with van der Waals surface area (Å²) in [7, 11) is 1.76. The van der Waals surface area contributed by atoms with Crippen LogP contribution in [0.25, 0.3) is 0 Å². The first-order valence-corrected chi connectivity index (χ1v) is 5.60. The molecule has 2 N–H and O–H groups in total. The van der Waals surface area contributed by atoms with Crippen LogP contribution in [0.2, 0.25) is 0 Å². The number of carbonyl (C=O) groups is 1. The highest BCUT2D eigenvalue weighted by molar-refractivity contribution is 5.68. The number of ether oxygens (including phenoxy) is 1. The first-order valence-electron chi connectivity index (χ1n) is 5.60. The molecule has 5 nitrogen and oxygen atoms in total. The Morgan fingerprint density at radius 2 is 2.06 bits per heavy atom. The van der Waals surface area contributed by atoms with Crippen molar-refractivity contribution < 1.29 is 14.6 Å². The third-order valence-electron chi connectivity index (χ3n) is 1.90. The monoisotopic (exact) mass is 232 g/mol. The Kier molecular flexibility index (Phi) is 6.36. The number of amides is 1. The van der Waals surface area contributed by atoms with Crippen molar-refractivity contribution in [3.8, 4) is 0 Å². The minimum Gasteiger partial charge on any atom is -0.444 e. The molecule has 0 spiro atoms. The molecule has 96 valence electrons. The fourth-order valence-electron chi connectivity index (χ4n) is 1.21. The summed E-state index contributed by atoms with van der Waals surface area (Å²) in [6.45, 7) is 8.59. The molecule has 0 aromatic rings. The Labute approximate surface area is 97.8 Å². The van der Waals surface area contributed by atoms with E-state index in [-0.39, 0.29) is 12.6 Å². The molecule has 0 fully saturated rings. The van der Waals surface area contributed by atoms with Crippen LogP contribution in [0.3, 0.4) is 0 Å². The highest BCUT2D eigenvalue weighted by atomic mass is 16.6. The molecule has 1 amide bonds. The van der Waals surface area contributed by atoms with Crippen molar-refractivity contribution in [2.24, 2.45) is 0 Å². The molecule has 0 aliphatic carbocycles. The Morgan fingerprint density at radius 3 is 2.44 bits per heavy atom. The van der Waals surface area contributed by atoms with Crippen molar-refractivity contribution in [3.63, 3.8) is 0 Å². The topological polar surface area (TPSA) is 61.8 Å². The molecule has 0 aliphatic rings. The standard InChI is InChI=1S/C11H24N2O3/c1-6-13(8-9(14)7-12-5)10(15)16-11(2,3)4/h9,12,14H,6-8H2,1-5H3. The number of hydrogen-bond donors (Lipinski definition) is 2. The number of aliphatic hydroxyl groups excluding tert-OH is 1. The Morgan fingerprint density at radius 1 is 1.50 bits per heavy atom. The average Bonchev–Trinajstić information content (AvgIpc) is 2.11. The molecule has 0 aliphatic heterocycles. The van der Waals surface area contributed by atoms with E-state index < -0.39 is 11.7 Å². The van der Waals surface area contributed by atoms with Crippen LogP contribution in [-0.2, 0) is 4.74 Å². The number of rotatable bonds is 5. The van der Waals surface area contributed by atoms with Gasteiger partial charge in [0.15, 0.2) is 0 Å². The average molecular weight is 232 g/mol. The van der Waals surface area contributed by atoms with Crippen LogP contribution in [0.1, 0.15) is 27.7 Å². The van der Waals surface area contributed by atoms with Gasteiger partial charge in [-0.2, -0.15) is 0 Å². The molecule has 1 unspecified atom stereocenters. The van der Waals surface area contributed by atoms with E-state index in [9.17, 15) is 9.90 Å². The third kappa shape index (κ3) is 6.63. The van der Waals surface area contributed by atoms with E-state index in [2.05, 4.69) is 5.32 Å². The van der Waals surface area contributed by atoms with Crippen LogP contribution in [-0.4, -0.2) is 54.5 Å². The quantitative estimate of drug-likeness (QED) is 0.737. The van der Waals surface area contributed by atoms with Crippen molar-refractivity contribution in [3.05, 3.63) is 0 Å². The van der Waals surface area contributed by atoms with E-state index in [1.165, 1.54) is 4.90 Å². The van der Waals surface area contributed by atoms with Gasteiger partial charge in [0.25, 0.3) is 0 Å². The summed E-state index contributed by atoms with van der Waals surface area (Å²) in [6, 6.07) is 0. The van der Waals surface area contributed by atoms with Gasteiger partial charge in [-0.1, -0.05) is 0 Å². The number of aliphatic hydroxyl groups is 1. The van der Waals surface area contributed by atoms with Gasteiger partial charge in [-0.3, -0.25) is 0 Å². The second-order valence-electron chi connectivity index (χ2n) is 4.73. The van der Waals surface area contributed by atoms with Crippen LogP contribution in [0.4, 0.5) is 4.79 Å². The molecule has 5 heteroatoms. The number of nitrogens with one attached hydrogen (secondary N) is 1. The minimum atomic E-state index is -0.572. The van der Waals surface area contributed by atoms with Gasteiger partial charge in [-0.25, -0.2) is 4.79 Å². The molecule has 0 heterocycles. The maximum absolute atomic E-state index is 11.7. The smallest absolute Gasteiger partial charge is 0.410 e. The summed E-state index contributed by atoms with van der Waals surface area (Å²) in [5.74, 6) is 0. The Balaban J connectivity index is 4.22. The van der Waals surface area contributed by atoms with Gasteiger partial charge in [-0.05, 0) is 34.7 Å². The first-order chi connectivity index (χ1) is 7.30. The van der Waals surface area contributed by atoms with Crippen molar-refractivity contribution in [2.45, 2.75) is 39.4 Å². The van der Waals surface area contributed by atoms with Crippen molar-refractivity contribution >= 4 is 6.09 Å². The van der Waals surface area contributed by atoms with E-state index in [0.717, 1.165) is 0 Å². The van der Waals surface area contributed by atoms with Crippen LogP contribution < -0.4 is 5.32 Å². The van der Waals surface area contributed by atoms with Gasteiger partial charge in [0.05, 0.1) is 12.6 Å². The third-order valence-corrected chi connectivity index (χ3v) is 1.90. The molecule has 0 aromatic carbocycles. The van der Waals surface area contributed by atoms with Gasteiger partial charge < -0.3 is 20.1 Å². The molecule has 0 aromatic heterocycles. The molecular weight excluding hydrogens is 208 g/mol. The van der Waals surface area contributed by atoms with E-state index in [1.54, 1.807) is 7.05 Å². The predicted octanol–water partition coefficient (Wildman–Crippen LogP) is 0.824. The lowest BCUT2D eigenvalue weighted by Crippen LogP contribution is -2.43. The predicted molar refractivity (Wildman–Crippen MR) is 63.4 cm³/mol. The number of likely N-dealkylation sites (N-methyl/N-ethyl adjacent to an activating group) is 2. The highest BCUT2D eigenvalue weighted by Gasteiger charge is 2.22. The normalized spacial score (nSPS) is 13.4. The van der Waals surface area contributed by atoms with Crippen LogP contribution in [0.5, 0.6) is 0 Å². The number of carbonyl (C=O) groups excluding carboxylic acids is 1. The van der Waals surface area contributed by atoms with E-state index in [4.69, 9.17) is 4.74 Å². The Bertz CT molecular complexity index is 214. The molecule has 0 saturated carbocycles. The zero-order valence-electron chi connectivity index (χ0n) is 10.9. The lowest BCUT2D eigenvalue weighted by atomic mass is 10.2. The summed E-state index contributed by atoms with van der Waals surface area (Å²) in [6.07, 6.45) is -0.956. The van der Waals surface area contributed by atoms with E-state index >= 15 is 0 Å². The van der Waals surface area contributed by atoms with Gasteiger partial charge >= 0.3 is 6.09 Å². The SMILES string of the molecule is CCN(CC(O)CNC)C(=O)OC(C)(C)C. The second-order valence-corrected chi connectivity index (χ2v) is 4.73. The molecule has 0 bridgehead atoms. The molecule has 1 atom stereocenters. The summed E-state index contributed by atoms with van der Waals surface area (Å²) >= 11 is 0. The summed E-state index contributed by atoms with van der Waals surface area (Å²) in [5, 5.41) is 12.4. The summed E-state index contributed by atoms with van der Waals surface area (Å²) in [5.41, 5.74) is -0.502. The van der Waals surface area contributed by atoms with Gasteiger partial charge in [0.2, 0.25) is 0 Å². The molecule has 0 radical (unpaired) electrons. The maximum atomic E-state index is 11.7. The van der Waals surface area contributed by atoms with Gasteiger partial charge in [0.1, 0.15) is 5.60 Å². The zero-order valence-corrected chi connectivity index (χ0v) is 10.9. The second kappa shape index (κ2) is 6.70.